The average molecular weight is 275 g/mol. The maximum Gasteiger partial charge on any atom is 0.326 e. The van der Waals surface area contributed by atoms with Gasteiger partial charge in [0.25, 0.3) is 5.91 Å². The molecule has 7 nitrogen and oxygen atoms in total. The summed E-state index contributed by atoms with van der Waals surface area (Å²) in [5.74, 6) is -1.76. The van der Waals surface area contributed by atoms with Crippen LogP contribution in [0.5, 0.6) is 5.75 Å². The Morgan fingerprint density at radius 1 is 1.40 bits per heavy atom. The lowest BCUT2D eigenvalue weighted by molar-refractivity contribution is -0.139. The zero-order valence-electron chi connectivity index (χ0n) is 10.4. The lowest BCUT2D eigenvalue weighted by Crippen LogP contribution is -2.42. The van der Waals surface area contributed by atoms with Crippen molar-refractivity contribution in [3.05, 3.63) is 48.0 Å². The summed E-state index contributed by atoms with van der Waals surface area (Å²) in [4.78, 5) is 29.7. The molecular formula is C13H13N3O4. The second-order valence-electron chi connectivity index (χ2n) is 4.20. The minimum atomic E-state index is -1.15. The highest BCUT2D eigenvalue weighted by Crippen LogP contribution is 2.11. The first-order valence-corrected chi connectivity index (χ1v) is 5.86. The largest absolute Gasteiger partial charge is 0.508 e. The molecule has 0 saturated carbocycles. The molecule has 0 unspecified atom stereocenters. The van der Waals surface area contributed by atoms with Gasteiger partial charge in [-0.3, -0.25) is 4.79 Å². The van der Waals surface area contributed by atoms with Crippen LogP contribution in [-0.2, 0) is 11.2 Å². The number of nitrogens with zero attached hydrogens (tertiary/aromatic N) is 1. The van der Waals surface area contributed by atoms with E-state index in [0.29, 0.717) is 5.69 Å². The summed E-state index contributed by atoms with van der Waals surface area (Å²) < 4.78 is 0. The summed E-state index contributed by atoms with van der Waals surface area (Å²) in [6.07, 6.45) is 3.03. The Labute approximate surface area is 114 Å². The SMILES string of the molecule is O=C(N[C@H](Cc1cnc[nH]1)C(=O)O)c1cccc(O)c1. The van der Waals surface area contributed by atoms with E-state index in [1.165, 1.54) is 36.8 Å². The van der Waals surface area contributed by atoms with Gasteiger partial charge in [0.05, 0.1) is 6.33 Å². The summed E-state index contributed by atoms with van der Waals surface area (Å²) >= 11 is 0. The number of H-pyrrole nitrogens is 1. The monoisotopic (exact) mass is 275 g/mol. The van der Waals surface area contributed by atoms with E-state index in [1.54, 1.807) is 0 Å². The maximum atomic E-state index is 11.9. The molecule has 104 valence electrons. The molecule has 0 radical (unpaired) electrons. The van der Waals surface area contributed by atoms with E-state index in [2.05, 4.69) is 15.3 Å². The van der Waals surface area contributed by atoms with Gasteiger partial charge in [0.2, 0.25) is 0 Å². The molecule has 20 heavy (non-hydrogen) atoms. The van der Waals surface area contributed by atoms with Gasteiger partial charge in [-0.2, -0.15) is 0 Å². The number of carboxylic acid groups (broad SMARTS) is 1. The number of rotatable bonds is 5. The highest BCUT2D eigenvalue weighted by atomic mass is 16.4. The number of aromatic amines is 1. The topological polar surface area (TPSA) is 115 Å². The number of aromatic nitrogens is 2. The molecule has 2 rings (SSSR count). The van der Waals surface area contributed by atoms with Crippen molar-refractivity contribution in [2.75, 3.05) is 0 Å². The Hall–Kier alpha value is -2.83. The van der Waals surface area contributed by atoms with Crippen LogP contribution in [0, 0.1) is 0 Å². The van der Waals surface area contributed by atoms with Crippen LogP contribution < -0.4 is 5.32 Å². The van der Waals surface area contributed by atoms with Crippen molar-refractivity contribution in [1.82, 2.24) is 15.3 Å². The van der Waals surface area contributed by atoms with Crippen LogP contribution in [0.15, 0.2) is 36.8 Å². The van der Waals surface area contributed by atoms with Crippen LogP contribution in [0.3, 0.4) is 0 Å². The van der Waals surface area contributed by atoms with Crippen LogP contribution in [0.4, 0.5) is 0 Å². The number of imidazole rings is 1. The van der Waals surface area contributed by atoms with Crippen LogP contribution in [0.1, 0.15) is 16.1 Å². The molecule has 2 aromatic rings. The number of amides is 1. The first kappa shape index (κ1) is 13.6. The van der Waals surface area contributed by atoms with Gasteiger partial charge >= 0.3 is 5.97 Å². The molecule has 1 aromatic heterocycles. The summed E-state index contributed by atoms with van der Waals surface area (Å²) in [5, 5.41) is 20.8. The lowest BCUT2D eigenvalue weighted by atomic mass is 10.1. The van der Waals surface area contributed by atoms with Gasteiger partial charge in [-0.1, -0.05) is 6.07 Å². The molecule has 0 spiro atoms. The molecule has 0 fully saturated rings. The molecule has 1 heterocycles. The Bertz CT molecular complexity index is 610. The standard InChI is InChI=1S/C13H13N3O4/c17-10-3-1-2-8(4-10)12(18)16-11(13(19)20)5-9-6-14-7-15-9/h1-4,6-7,11,17H,5H2,(H,14,15)(H,16,18)(H,19,20)/t11-/m1/s1. The zero-order chi connectivity index (χ0) is 14.5. The maximum absolute atomic E-state index is 11.9. The summed E-state index contributed by atoms with van der Waals surface area (Å²) in [7, 11) is 0. The van der Waals surface area contributed by atoms with E-state index in [1.807, 2.05) is 0 Å². The van der Waals surface area contributed by atoms with Gasteiger partial charge < -0.3 is 20.5 Å². The fourth-order valence-corrected chi connectivity index (χ4v) is 1.71. The van der Waals surface area contributed by atoms with Crippen molar-refractivity contribution < 1.29 is 19.8 Å². The third-order valence-electron chi connectivity index (χ3n) is 2.69. The van der Waals surface area contributed by atoms with E-state index in [4.69, 9.17) is 5.11 Å². The highest BCUT2D eigenvalue weighted by Gasteiger charge is 2.21. The Balaban J connectivity index is 2.08. The fraction of sp³-hybridized carbons (Fsp3) is 0.154. The van der Waals surface area contributed by atoms with Gasteiger partial charge in [-0.15, -0.1) is 0 Å². The van der Waals surface area contributed by atoms with E-state index in [9.17, 15) is 14.7 Å². The van der Waals surface area contributed by atoms with Gasteiger partial charge in [-0.25, -0.2) is 9.78 Å². The van der Waals surface area contributed by atoms with Crippen molar-refractivity contribution in [3.63, 3.8) is 0 Å². The molecule has 4 N–H and O–H groups in total. The molecule has 0 aliphatic heterocycles. The minimum absolute atomic E-state index is 0.0573. The summed E-state index contributed by atoms with van der Waals surface area (Å²) in [5.41, 5.74) is 0.800. The fourth-order valence-electron chi connectivity index (χ4n) is 1.71. The number of carboxylic acids is 1. The van der Waals surface area contributed by atoms with Crippen molar-refractivity contribution >= 4 is 11.9 Å². The smallest absolute Gasteiger partial charge is 0.326 e. The average Bonchev–Trinajstić information content (AvgIpc) is 2.90. The van der Waals surface area contributed by atoms with Crippen LogP contribution in [0.2, 0.25) is 0 Å². The summed E-state index contributed by atoms with van der Waals surface area (Å²) in [6.45, 7) is 0. The number of phenolic OH excluding ortho intramolecular Hbond substituents is 1. The van der Waals surface area contributed by atoms with E-state index < -0.39 is 17.9 Å². The second kappa shape index (κ2) is 5.87. The number of carbonyl (C=O) groups excluding carboxylic acids is 1. The summed E-state index contributed by atoms with van der Waals surface area (Å²) in [6, 6.07) is 4.62. The van der Waals surface area contributed by atoms with E-state index in [0.717, 1.165) is 0 Å². The number of benzene rings is 1. The molecule has 1 amide bonds. The predicted molar refractivity (Wildman–Crippen MR) is 69.3 cm³/mol. The Morgan fingerprint density at radius 2 is 2.20 bits per heavy atom. The number of nitrogens with one attached hydrogen (secondary N) is 2. The second-order valence-corrected chi connectivity index (χ2v) is 4.20. The van der Waals surface area contributed by atoms with E-state index >= 15 is 0 Å². The molecule has 1 atom stereocenters. The predicted octanol–water partition coefficient (Wildman–Crippen LogP) is 0.541. The van der Waals surface area contributed by atoms with E-state index in [-0.39, 0.29) is 17.7 Å². The van der Waals surface area contributed by atoms with Crippen molar-refractivity contribution in [2.24, 2.45) is 0 Å². The van der Waals surface area contributed by atoms with Crippen LogP contribution in [0.25, 0.3) is 0 Å². The van der Waals surface area contributed by atoms with Gasteiger partial charge in [-0.05, 0) is 18.2 Å². The van der Waals surface area contributed by atoms with Crippen LogP contribution >= 0.6 is 0 Å². The number of aromatic hydroxyl groups is 1. The minimum Gasteiger partial charge on any atom is -0.508 e. The molecule has 0 saturated heterocycles. The Kier molecular flexibility index (Phi) is 3.99. The molecule has 7 heteroatoms. The quantitative estimate of drug-likeness (QED) is 0.635. The number of carbonyl (C=O) groups is 2. The zero-order valence-corrected chi connectivity index (χ0v) is 10.4. The third-order valence-corrected chi connectivity index (χ3v) is 2.69. The van der Waals surface area contributed by atoms with Crippen LogP contribution in [-0.4, -0.2) is 38.1 Å². The molecular weight excluding hydrogens is 262 g/mol. The molecule has 0 bridgehead atoms. The first-order chi connectivity index (χ1) is 9.56. The highest BCUT2D eigenvalue weighted by molar-refractivity contribution is 5.96. The number of aliphatic carboxylic acids is 1. The molecule has 0 aliphatic carbocycles. The lowest BCUT2D eigenvalue weighted by Gasteiger charge is -2.13. The van der Waals surface area contributed by atoms with Gasteiger partial charge in [0.1, 0.15) is 11.8 Å². The number of phenols is 1. The first-order valence-electron chi connectivity index (χ1n) is 5.86. The van der Waals surface area contributed by atoms with Crippen molar-refractivity contribution in [1.29, 1.82) is 0 Å². The van der Waals surface area contributed by atoms with Crippen molar-refractivity contribution in [3.8, 4) is 5.75 Å². The van der Waals surface area contributed by atoms with Crippen molar-refractivity contribution in [2.45, 2.75) is 12.5 Å². The normalized spacial score (nSPS) is 11.8. The van der Waals surface area contributed by atoms with Gasteiger partial charge in [0.15, 0.2) is 0 Å². The molecule has 0 aliphatic rings. The number of hydrogen-bond donors (Lipinski definition) is 4. The molecule has 1 aromatic carbocycles. The Morgan fingerprint density at radius 3 is 2.80 bits per heavy atom. The third kappa shape index (κ3) is 3.35. The number of hydrogen-bond acceptors (Lipinski definition) is 4. The van der Waals surface area contributed by atoms with Gasteiger partial charge in [0, 0.05) is 23.9 Å².